The smallest absolute Gasteiger partial charge is 0.186 e. The Kier molecular flexibility index (Phi) is 5.67. The monoisotopic (exact) mass is 402 g/mol. The molecule has 1 aromatic heterocycles. The summed E-state index contributed by atoms with van der Waals surface area (Å²) in [6.45, 7) is 4.17. The van der Waals surface area contributed by atoms with E-state index >= 15 is 0 Å². The maximum Gasteiger partial charge on any atom is 0.186 e. The number of likely N-dealkylation sites (tertiary alicyclic amines) is 1. The van der Waals surface area contributed by atoms with Gasteiger partial charge in [0.05, 0.1) is 12.7 Å². The molecule has 1 aromatic carbocycles. The summed E-state index contributed by atoms with van der Waals surface area (Å²) < 4.78 is 23.8. The number of aryl methyl sites for hydroxylation is 1. The number of halogens is 1. The molecular weight excluding hydrogens is 375 g/mol. The van der Waals surface area contributed by atoms with Gasteiger partial charge in [-0.25, -0.2) is 4.39 Å². The molecule has 8 heteroatoms. The Balaban J connectivity index is 0.000000216. The number of alkyl halides is 1. The average molecular weight is 402 g/mol. The normalized spacial score (nSPS) is 25.8. The Morgan fingerprint density at radius 2 is 2.14 bits per heavy atom. The van der Waals surface area contributed by atoms with E-state index in [4.69, 9.17) is 15.2 Å². The van der Waals surface area contributed by atoms with Crippen molar-refractivity contribution in [1.82, 2.24) is 15.1 Å². The molecule has 2 saturated heterocycles. The minimum atomic E-state index is -0.561. The molecule has 2 aromatic rings. The fourth-order valence-electron chi connectivity index (χ4n) is 4.05. The quantitative estimate of drug-likeness (QED) is 0.757. The van der Waals surface area contributed by atoms with Crippen LogP contribution >= 0.6 is 0 Å². The van der Waals surface area contributed by atoms with Gasteiger partial charge in [-0.1, -0.05) is 6.07 Å². The van der Waals surface area contributed by atoms with Gasteiger partial charge in [-0.2, -0.15) is 0 Å². The molecule has 2 bridgehead atoms. The number of nitrogen functional groups attached to an aromatic ring is 1. The number of ether oxygens (including phenoxy) is 2. The van der Waals surface area contributed by atoms with Crippen LogP contribution in [0.2, 0.25) is 0 Å². The summed E-state index contributed by atoms with van der Waals surface area (Å²) in [5, 5.41) is 18.4. The van der Waals surface area contributed by atoms with Gasteiger partial charge >= 0.3 is 0 Å². The predicted molar refractivity (Wildman–Crippen MR) is 107 cm³/mol. The third kappa shape index (κ3) is 4.19. The number of nitrogens with two attached hydrogens (primary N) is 1. The van der Waals surface area contributed by atoms with Crippen molar-refractivity contribution in [2.24, 2.45) is 0 Å². The Morgan fingerprint density at radius 1 is 1.31 bits per heavy atom. The number of phenolic OH excluding ortho intramolecular Hbond substituents is 1. The highest BCUT2D eigenvalue weighted by atomic mass is 19.1. The van der Waals surface area contributed by atoms with Crippen LogP contribution in [0.4, 0.5) is 10.2 Å². The summed E-state index contributed by atoms with van der Waals surface area (Å²) >= 11 is 0. The fraction of sp³-hybridized carbons (Fsp3) is 0.524. The number of hydrogen-bond acceptors (Lipinski definition) is 7. The van der Waals surface area contributed by atoms with Crippen LogP contribution in [-0.2, 0) is 15.9 Å². The first-order chi connectivity index (χ1) is 13.9. The highest BCUT2D eigenvalue weighted by Gasteiger charge is 2.39. The van der Waals surface area contributed by atoms with E-state index in [0.717, 1.165) is 36.1 Å². The van der Waals surface area contributed by atoms with Crippen LogP contribution in [-0.4, -0.2) is 59.2 Å². The zero-order chi connectivity index (χ0) is 20.5. The number of rotatable bonds is 1. The number of nitrogens with zero attached hydrogens (tertiary/aromatic N) is 3. The number of benzene rings is 1. The van der Waals surface area contributed by atoms with Gasteiger partial charge in [0.15, 0.2) is 6.29 Å². The standard InChI is InChI=1S/C15H15N3O3.C6H12FN/c1-7-2-3-9(11(19)4-7)13-12-10(14(16)18-17-13)5-8-6-20-15(12)21-8;1-8-4-2-3-6(7)5-8/h2-4,8,15,19H,5-6H2,1H3,(H2,16,18);6H,2-5H2,1H3. The van der Waals surface area contributed by atoms with Crippen molar-refractivity contribution in [3.63, 3.8) is 0 Å². The number of hydrogen-bond donors (Lipinski definition) is 2. The zero-order valence-corrected chi connectivity index (χ0v) is 16.8. The lowest BCUT2D eigenvalue weighted by atomic mass is 9.95. The molecule has 3 aliphatic rings. The molecule has 0 saturated carbocycles. The highest BCUT2D eigenvalue weighted by Crippen LogP contribution is 2.44. The molecule has 3 aliphatic heterocycles. The van der Waals surface area contributed by atoms with Gasteiger partial charge in [0.2, 0.25) is 0 Å². The molecule has 3 unspecified atom stereocenters. The Labute approximate surface area is 169 Å². The second-order valence-corrected chi connectivity index (χ2v) is 7.98. The van der Waals surface area contributed by atoms with Crippen molar-refractivity contribution >= 4 is 5.82 Å². The molecule has 0 spiro atoms. The van der Waals surface area contributed by atoms with Crippen LogP contribution in [0.5, 0.6) is 5.75 Å². The minimum absolute atomic E-state index is 0.0217. The summed E-state index contributed by atoms with van der Waals surface area (Å²) in [6.07, 6.45) is 1.43. The number of piperidine rings is 1. The lowest BCUT2D eigenvalue weighted by Gasteiger charge is -2.24. The Morgan fingerprint density at radius 3 is 2.83 bits per heavy atom. The second-order valence-electron chi connectivity index (χ2n) is 7.98. The van der Waals surface area contributed by atoms with E-state index in [1.54, 1.807) is 6.07 Å². The topological polar surface area (TPSA) is 93.7 Å². The molecule has 29 heavy (non-hydrogen) atoms. The second kappa shape index (κ2) is 8.22. The summed E-state index contributed by atoms with van der Waals surface area (Å²) in [6, 6.07) is 5.44. The van der Waals surface area contributed by atoms with Crippen molar-refractivity contribution < 1.29 is 19.0 Å². The summed E-state index contributed by atoms with van der Waals surface area (Å²) in [5.41, 5.74) is 9.82. The molecule has 0 amide bonds. The molecule has 3 N–H and O–H groups in total. The summed E-state index contributed by atoms with van der Waals surface area (Å²) in [4.78, 5) is 2.04. The molecule has 156 valence electrons. The van der Waals surface area contributed by atoms with Gasteiger partial charge in [-0.05, 0) is 51.1 Å². The summed E-state index contributed by atoms with van der Waals surface area (Å²) in [5.74, 6) is 0.570. The maximum atomic E-state index is 12.4. The third-order valence-electron chi connectivity index (χ3n) is 5.54. The molecule has 0 radical (unpaired) electrons. The van der Waals surface area contributed by atoms with Crippen LogP contribution < -0.4 is 5.73 Å². The predicted octanol–water partition coefficient (Wildman–Crippen LogP) is 2.76. The molecule has 7 nitrogen and oxygen atoms in total. The van der Waals surface area contributed by atoms with Gasteiger partial charge in [0.1, 0.15) is 23.4 Å². The van der Waals surface area contributed by atoms with Crippen molar-refractivity contribution in [1.29, 1.82) is 0 Å². The average Bonchev–Trinajstić information content (AvgIpc) is 3.05. The Bertz CT molecular complexity index is 886. The van der Waals surface area contributed by atoms with Gasteiger partial charge in [-0.15, -0.1) is 10.2 Å². The van der Waals surface area contributed by atoms with Gasteiger partial charge < -0.3 is 25.2 Å². The Hall–Kier alpha value is -2.29. The number of fused-ring (bicyclic) bond motifs is 4. The number of aromatic nitrogens is 2. The van der Waals surface area contributed by atoms with Crippen LogP contribution in [0, 0.1) is 6.92 Å². The van der Waals surface area contributed by atoms with Gasteiger partial charge in [0.25, 0.3) is 0 Å². The van der Waals surface area contributed by atoms with Crippen LogP contribution in [0.15, 0.2) is 18.2 Å². The number of aromatic hydroxyl groups is 1. The van der Waals surface area contributed by atoms with Crippen LogP contribution in [0.1, 0.15) is 35.8 Å². The zero-order valence-electron chi connectivity index (χ0n) is 16.8. The molecule has 0 aliphatic carbocycles. The first-order valence-electron chi connectivity index (χ1n) is 9.97. The first-order valence-corrected chi connectivity index (χ1v) is 9.97. The fourth-order valence-corrected chi connectivity index (χ4v) is 4.05. The highest BCUT2D eigenvalue weighted by molar-refractivity contribution is 5.73. The van der Waals surface area contributed by atoms with Gasteiger partial charge in [0, 0.05) is 29.7 Å². The van der Waals surface area contributed by atoms with Crippen LogP contribution in [0.25, 0.3) is 11.3 Å². The number of phenols is 1. The SMILES string of the molecule is CN1CCCC(F)C1.Cc1ccc(-c2nnc(N)c3c2C2OCC(C3)O2)c(O)c1. The van der Waals surface area contributed by atoms with Crippen molar-refractivity contribution in [2.45, 2.75) is 44.8 Å². The van der Waals surface area contributed by atoms with E-state index in [-0.39, 0.29) is 11.9 Å². The van der Waals surface area contributed by atoms with E-state index in [1.165, 1.54) is 0 Å². The third-order valence-corrected chi connectivity index (χ3v) is 5.54. The molecule has 5 rings (SSSR count). The van der Waals surface area contributed by atoms with Crippen LogP contribution in [0.3, 0.4) is 0 Å². The van der Waals surface area contributed by atoms with Crippen molar-refractivity contribution in [3.05, 3.63) is 34.9 Å². The van der Waals surface area contributed by atoms with E-state index in [9.17, 15) is 9.50 Å². The van der Waals surface area contributed by atoms with E-state index < -0.39 is 12.5 Å². The minimum Gasteiger partial charge on any atom is -0.507 e. The summed E-state index contributed by atoms with van der Waals surface area (Å²) in [7, 11) is 1.96. The lowest BCUT2D eigenvalue weighted by Crippen LogP contribution is -2.32. The maximum absolute atomic E-state index is 12.4. The van der Waals surface area contributed by atoms with E-state index in [2.05, 4.69) is 10.2 Å². The lowest BCUT2D eigenvalue weighted by molar-refractivity contribution is -0.0675. The molecular formula is C21H27FN4O3. The molecule has 3 atom stereocenters. The van der Waals surface area contributed by atoms with E-state index in [1.807, 2.05) is 31.0 Å². The van der Waals surface area contributed by atoms with E-state index in [0.29, 0.717) is 36.6 Å². The van der Waals surface area contributed by atoms with Crippen molar-refractivity contribution in [3.8, 4) is 17.0 Å². The largest absolute Gasteiger partial charge is 0.507 e. The molecule has 2 fully saturated rings. The first kappa shape index (κ1) is 20.0. The number of anilines is 1. The van der Waals surface area contributed by atoms with Crippen molar-refractivity contribution in [2.75, 3.05) is 32.5 Å². The molecule has 4 heterocycles. The van der Waals surface area contributed by atoms with Gasteiger partial charge in [-0.3, -0.25) is 0 Å².